The van der Waals surface area contributed by atoms with Gasteiger partial charge in [0.05, 0.1) is 12.2 Å². The van der Waals surface area contributed by atoms with Crippen LogP contribution in [-0.2, 0) is 16.1 Å². The molecule has 1 aliphatic rings. The SMILES string of the molecule is COCCn1cc(C(=O)NC(CC2CC2)C(=O)O)c2ccccc21. The van der Waals surface area contributed by atoms with Crippen molar-refractivity contribution < 1.29 is 19.4 Å². The van der Waals surface area contributed by atoms with E-state index in [1.165, 1.54) is 0 Å². The van der Waals surface area contributed by atoms with Crippen molar-refractivity contribution in [1.82, 2.24) is 9.88 Å². The van der Waals surface area contributed by atoms with Gasteiger partial charge in [-0.1, -0.05) is 31.0 Å². The lowest BCUT2D eigenvalue weighted by molar-refractivity contribution is -0.139. The smallest absolute Gasteiger partial charge is 0.326 e. The molecular weight excluding hydrogens is 308 g/mol. The van der Waals surface area contributed by atoms with Crippen LogP contribution in [0.4, 0.5) is 0 Å². The van der Waals surface area contributed by atoms with Crippen molar-refractivity contribution >= 4 is 22.8 Å². The lowest BCUT2D eigenvalue weighted by Gasteiger charge is -2.13. The van der Waals surface area contributed by atoms with Crippen molar-refractivity contribution in [2.24, 2.45) is 5.92 Å². The summed E-state index contributed by atoms with van der Waals surface area (Å²) in [5, 5.41) is 12.8. The van der Waals surface area contributed by atoms with E-state index in [0.717, 1.165) is 23.7 Å². The van der Waals surface area contributed by atoms with Crippen LogP contribution >= 0.6 is 0 Å². The van der Waals surface area contributed by atoms with E-state index in [-0.39, 0.29) is 5.91 Å². The Morgan fingerprint density at radius 3 is 2.79 bits per heavy atom. The number of carbonyl (C=O) groups is 2. The number of carbonyl (C=O) groups excluding carboxylic acids is 1. The third-order valence-corrected chi connectivity index (χ3v) is 4.44. The van der Waals surface area contributed by atoms with Gasteiger partial charge in [-0.25, -0.2) is 4.79 Å². The number of ether oxygens (including phenoxy) is 1. The maximum Gasteiger partial charge on any atom is 0.326 e. The van der Waals surface area contributed by atoms with Gasteiger partial charge in [0.2, 0.25) is 0 Å². The molecular formula is C18H22N2O4. The van der Waals surface area contributed by atoms with Crippen molar-refractivity contribution in [3.05, 3.63) is 36.0 Å². The zero-order valence-electron chi connectivity index (χ0n) is 13.7. The number of hydrogen-bond donors (Lipinski definition) is 2. The van der Waals surface area contributed by atoms with Gasteiger partial charge in [-0.15, -0.1) is 0 Å². The van der Waals surface area contributed by atoms with E-state index in [9.17, 15) is 14.7 Å². The average Bonchev–Trinajstić information content (AvgIpc) is 3.31. The van der Waals surface area contributed by atoms with E-state index in [2.05, 4.69) is 5.32 Å². The molecule has 1 aromatic carbocycles. The largest absolute Gasteiger partial charge is 0.480 e. The van der Waals surface area contributed by atoms with Gasteiger partial charge in [0.15, 0.2) is 0 Å². The first-order valence-electron chi connectivity index (χ1n) is 8.20. The zero-order chi connectivity index (χ0) is 17.1. The topological polar surface area (TPSA) is 80.6 Å². The number of benzene rings is 1. The second-order valence-corrected chi connectivity index (χ2v) is 6.29. The van der Waals surface area contributed by atoms with E-state index in [0.29, 0.717) is 31.1 Å². The zero-order valence-corrected chi connectivity index (χ0v) is 13.7. The maximum absolute atomic E-state index is 12.6. The molecule has 0 radical (unpaired) electrons. The molecule has 1 atom stereocenters. The molecule has 2 N–H and O–H groups in total. The fourth-order valence-electron chi connectivity index (χ4n) is 2.95. The fraction of sp³-hybridized carbons (Fsp3) is 0.444. The van der Waals surface area contributed by atoms with Gasteiger partial charge in [-0.05, 0) is 18.4 Å². The molecule has 24 heavy (non-hydrogen) atoms. The minimum atomic E-state index is -0.974. The highest BCUT2D eigenvalue weighted by molar-refractivity contribution is 6.07. The number of methoxy groups -OCH3 is 1. The minimum Gasteiger partial charge on any atom is -0.480 e. The van der Waals surface area contributed by atoms with E-state index in [1.807, 2.05) is 28.8 Å². The minimum absolute atomic E-state index is 0.338. The third-order valence-electron chi connectivity index (χ3n) is 4.44. The molecule has 128 valence electrons. The first-order chi connectivity index (χ1) is 11.6. The maximum atomic E-state index is 12.6. The predicted octanol–water partition coefficient (Wildman–Crippen LogP) is 2.27. The molecule has 6 nitrogen and oxygen atoms in total. The van der Waals surface area contributed by atoms with Gasteiger partial charge in [-0.2, -0.15) is 0 Å². The Labute approximate surface area is 140 Å². The molecule has 0 saturated heterocycles. The van der Waals surface area contributed by atoms with Crippen LogP contribution in [0.5, 0.6) is 0 Å². The highest BCUT2D eigenvalue weighted by Gasteiger charge is 2.30. The van der Waals surface area contributed by atoms with Crippen LogP contribution in [0.15, 0.2) is 30.5 Å². The van der Waals surface area contributed by atoms with Gasteiger partial charge in [0.1, 0.15) is 6.04 Å². The number of aliphatic carboxylic acids is 1. The second-order valence-electron chi connectivity index (χ2n) is 6.29. The number of carboxylic acids is 1. The molecule has 1 unspecified atom stereocenters. The third kappa shape index (κ3) is 3.59. The molecule has 3 rings (SSSR count). The Morgan fingerprint density at radius 2 is 2.12 bits per heavy atom. The second kappa shape index (κ2) is 7.05. The van der Waals surface area contributed by atoms with Crippen LogP contribution < -0.4 is 5.32 Å². The van der Waals surface area contributed by atoms with Crippen molar-refractivity contribution in [1.29, 1.82) is 0 Å². The number of amides is 1. The van der Waals surface area contributed by atoms with Gasteiger partial charge >= 0.3 is 5.97 Å². The molecule has 1 amide bonds. The van der Waals surface area contributed by atoms with E-state index < -0.39 is 12.0 Å². The standard InChI is InChI=1S/C18H22N2O4/c1-24-9-8-20-11-14(13-4-2-3-5-16(13)20)17(21)19-15(18(22)23)10-12-6-7-12/h2-5,11-12,15H,6-10H2,1H3,(H,19,21)(H,22,23). The van der Waals surface area contributed by atoms with Crippen LogP contribution in [0.2, 0.25) is 0 Å². The predicted molar refractivity (Wildman–Crippen MR) is 90.0 cm³/mol. The first kappa shape index (κ1) is 16.5. The molecule has 0 aliphatic heterocycles. The van der Waals surface area contributed by atoms with Gasteiger partial charge in [0, 0.05) is 30.8 Å². The lowest BCUT2D eigenvalue weighted by Crippen LogP contribution is -2.41. The number of fused-ring (bicyclic) bond motifs is 1. The summed E-state index contributed by atoms with van der Waals surface area (Å²) in [5.41, 5.74) is 1.44. The van der Waals surface area contributed by atoms with E-state index in [4.69, 9.17) is 4.74 Å². The summed E-state index contributed by atoms with van der Waals surface area (Å²) in [6, 6.07) is 6.79. The van der Waals surface area contributed by atoms with Crippen molar-refractivity contribution in [2.75, 3.05) is 13.7 Å². The Kier molecular flexibility index (Phi) is 4.85. The molecule has 1 heterocycles. The quantitative estimate of drug-likeness (QED) is 0.778. The van der Waals surface area contributed by atoms with Gasteiger partial charge < -0.3 is 19.7 Å². The highest BCUT2D eigenvalue weighted by Crippen LogP contribution is 2.33. The molecule has 0 spiro atoms. The van der Waals surface area contributed by atoms with E-state index >= 15 is 0 Å². The summed E-state index contributed by atoms with van der Waals surface area (Å²) in [4.78, 5) is 24.0. The summed E-state index contributed by atoms with van der Waals surface area (Å²) in [6.07, 6.45) is 4.38. The summed E-state index contributed by atoms with van der Waals surface area (Å²) in [7, 11) is 1.63. The molecule has 1 aliphatic carbocycles. The van der Waals surface area contributed by atoms with Crippen LogP contribution in [0.1, 0.15) is 29.6 Å². The van der Waals surface area contributed by atoms with Crippen molar-refractivity contribution in [2.45, 2.75) is 31.8 Å². The number of nitrogens with zero attached hydrogens (tertiary/aromatic N) is 1. The van der Waals surface area contributed by atoms with Crippen LogP contribution in [0.25, 0.3) is 10.9 Å². The molecule has 0 bridgehead atoms. The Hall–Kier alpha value is -2.34. The van der Waals surface area contributed by atoms with E-state index in [1.54, 1.807) is 13.3 Å². The number of aromatic nitrogens is 1. The summed E-state index contributed by atoms with van der Waals surface area (Å²) in [5.74, 6) is -0.886. The normalized spacial score (nSPS) is 15.4. The Morgan fingerprint density at radius 1 is 1.38 bits per heavy atom. The summed E-state index contributed by atoms with van der Waals surface area (Å²) >= 11 is 0. The van der Waals surface area contributed by atoms with Crippen LogP contribution in [0.3, 0.4) is 0 Å². The van der Waals surface area contributed by atoms with Crippen LogP contribution in [0, 0.1) is 5.92 Å². The summed E-state index contributed by atoms with van der Waals surface area (Å²) < 4.78 is 7.07. The van der Waals surface area contributed by atoms with Gasteiger partial charge in [-0.3, -0.25) is 4.79 Å². The number of carboxylic acid groups (broad SMARTS) is 1. The summed E-state index contributed by atoms with van der Waals surface area (Å²) in [6.45, 7) is 1.17. The van der Waals surface area contributed by atoms with Crippen molar-refractivity contribution in [3.8, 4) is 0 Å². The molecule has 1 fully saturated rings. The number of para-hydroxylation sites is 1. The monoisotopic (exact) mass is 330 g/mol. The molecule has 1 saturated carbocycles. The molecule has 1 aromatic heterocycles. The first-order valence-corrected chi connectivity index (χ1v) is 8.20. The fourth-order valence-corrected chi connectivity index (χ4v) is 2.95. The van der Waals surface area contributed by atoms with Crippen LogP contribution in [-0.4, -0.2) is 41.3 Å². The number of hydrogen-bond acceptors (Lipinski definition) is 3. The Balaban J connectivity index is 1.84. The average molecular weight is 330 g/mol. The number of rotatable bonds is 8. The highest BCUT2D eigenvalue weighted by atomic mass is 16.5. The van der Waals surface area contributed by atoms with Gasteiger partial charge in [0.25, 0.3) is 5.91 Å². The Bertz CT molecular complexity index is 749. The lowest BCUT2D eigenvalue weighted by atomic mass is 10.1. The molecule has 6 heteroatoms. The number of nitrogens with one attached hydrogen (secondary N) is 1. The van der Waals surface area contributed by atoms with Crippen molar-refractivity contribution in [3.63, 3.8) is 0 Å². The molecule has 2 aromatic rings.